The molecule has 1 fully saturated rings. The van der Waals surface area contributed by atoms with Crippen molar-refractivity contribution in [3.8, 4) is 22.1 Å². The fourth-order valence-corrected chi connectivity index (χ4v) is 4.76. The molecule has 1 spiro atoms. The minimum Gasteiger partial charge on any atom is -0.448 e. The van der Waals surface area contributed by atoms with Crippen LogP contribution in [0.25, 0.3) is 10.6 Å². The molecule has 3 aromatic rings. The van der Waals surface area contributed by atoms with Crippen molar-refractivity contribution < 1.29 is 14.3 Å². The van der Waals surface area contributed by atoms with Crippen molar-refractivity contribution in [3.05, 3.63) is 59.1 Å². The largest absolute Gasteiger partial charge is 0.448 e. The van der Waals surface area contributed by atoms with Gasteiger partial charge in [-0.05, 0) is 31.9 Å². The standard InChI is InChI=1S/C22H20N2O3S/c1-14-19(28-21(23-14)15-7-3-2-4-8-15)20(25)24-16-9-10-17-18(13-16)27-22(26-17)11-5-6-12-22/h2-4,7-10,13H,5-6,11-12H2,1H3,(H,24,25). The van der Waals surface area contributed by atoms with Gasteiger partial charge in [-0.1, -0.05) is 30.3 Å². The molecule has 2 aliphatic rings. The number of aryl methyl sites for hydroxylation is 1. The fourth-order valence-electron chi connectivity index (χ4n) is 3.79. The molecule has 1 aliphatic heterocycles. The third kappa shape index (κ3) is 3.03. The van der Waals surface area contributed by atoms with Gasteiger partial charge in [0.25, 0.3) is 11.7 Å². The van der Waals surface area contributed by atoms with Crippen molar-refractivity contribution in [2.24, 2.45) is 0 Å². The highest BCUT2D eigenvalue weighted by molar-refractivity contribution is 7.17. The number of carbonyl (C=O) groups is 1. The van der Waals surface area contributed by atoms with E-state index in [0.717, 1.165) is 47.7 Å². The number of amides is 1. The van der Waals surface area contributed by atoms with Crippen LogP contribution >= 0.6 is 11.3 Å². The highest BCUT2D eigenvalue weighted by Gasteiger charge is 2.44. The maximum absolute atomic E-state index is 12.8. The molecule has 0 radical (unpaired) electrons. The van der Waals surface area contributed by atoms with Gasteiger partial charge < -0.3 is 14.8 Å². The Bertz CT molecular complexity index is 1040. The van der Waals surface area contributed by atoms with Gasteiger partial charge in [-0.25, -0.2) is 4.98 Å². The zero-order valence-electron chi connectivity index (χ0n) is 15.5. The van der Waals surface area contributed by atoms with E-state index in [-0.39, 0.29) is 5.91 Å². The van der Waals surface area contributed by atoms with Crippen molar-refractivity contribution in [1.82, 2.24) is 4.98 Å². The van der Waals surface area contributed by atoms with E-state index < -0.39 is 5.79 Å². The number of carbonyl (C=O) groups excluding carboxylic acids is 1. The summed E-state index contributed by atoms with van der Waals surface area (Å²) in [7, 11) is 0. The molecule has 28 heavy (non-hydrogen) atoms. The third-order valence-electron chi connectivity index (χ3n) is 5.18. The van der Waals surface area contributed by atoms with E-state index in [2.05, 4.69) is 10.3 Å². The van der Waals surface area contributed by atoms with Crippen molar-refractivity contribution >= 4 is 22.9 Å². The van der Waals surface area contributed by atoms with Gasteiger partial charge in [0, 0.05) is 30.2 Å². The minimum absolute atomic E-state index is 0.161. The van der Waals surface area contributed by atoms with E-state index >= 15 is 0 Å². The van der Waals surface area contributed by atoms with Gasteiger partial charge in [-0.15, -0.1) is 11.3 Å². The summed E-state index contributed by atoms with van der Waals surface area (Å²) < 4.78 is 12.1. The molecule has 1 aliphatic carbocycles. The van der Waals surface area contributed by atoms with Gasteiger partial charge in [0.05, 0.1) is 5.69 Å². The molecule has 142 valence electrons. The number of nitrogens with zero attached hydrogens (tertiary/aromatic N) is 1. The lowest BCUT2D eigenvalue weighted by molar-refractivity contribution is -0.0716. The summed E-state index contributed by atoms with van der Waals surface area (Å²) in [5, 5.41) is 3.81. The predicted molar refractivity (Wildman–Crippen MR) is 109 cm³/mol. The first-order valence-corrected chi connectivity index (χ1v) is 10.3. The Hall–Kier alpha value is -2.86. The van der Waals surface area contributed by atoms with Crippen LogP contribution in [0.1, 0.15) is 41.0 Å². The molecule has 2 heterocycles. The van der Waals surface area contributed by atoms with Crippen LogP contribution < -0.4 is 14.8 Å². The number of ether oxygens (including phenoxy) is 2. The summed E-state index contributed by atoms with van der Waals surface area (Å²) in [6.45, 7) is 1.86. The Morgan fingerprint density at radius 2 is 1.82 bits per heavy atom. The van der Waals surface area contributed by atoms with Crippen LogP contribution in [0, 0.1) is 6.92 Å². The van der Waals surface area contributed by atoms with Gasteiger partial charge in [-0.2, -0.15) is 0 Å². The maximum Gasteiger partial charge on any atom is 0.267 e. The topological polar surface area (TPSA) is 60.5 Å². The Morgan fingerprint density at radius 3 is 2.61 bits per heavy atom. The summed E-state index contributed by atoms with van der Waals surface area (Å²) in [6.07, 6.45) is 4.05. The number of hydrogen-bond donors (Lipinski definition) is 1. The smallest absolute Gasteiger partial charge is 0.267 e. The molecule has 1 aromatic heterocycles. The van der Waals surface area contributed by atoms with E-state index in [4.69, 9.17) is 9.47 Å². The summed E-state index contributed by atoms with van der Waals surface area (Å²) in [6, 6.07) is 15.5. The Balaban J connectivity index is 1.35. The van der Waals surface area contributed by atoms with E-state index in [1.807, 2.05) is 55.5 Å². The molecular weight excluding hydrogens is 372 g/mol. The van der Waals surface area contributed by atoms with Gasteiger partial charge in [-0.3, -0.25) is 4.79 Å². The minimum atomic E-state index is -0.496. The predicted octanol–water partition coefficient (Wildman–Crippen LogP) is 5.41. The van der Waals surface area contributed by atoms with Crippen molar-refractivity contribution in [1.29, 1.82) is 0 Å². The first-order valence-electron chi connectivity index (χ1n) is 9.48. The number of rotatable bonds is 3. The number of fused-ring (bicyclic) bond motifs is 1. The molecule has 0 saturated heterocycles. The van der Waals surface area contributed by atoms with Gasteiger partial charge in [0.2, 0.25) is 0 Å². The molecular formula is C22H20N2O3S. The highest BCUT2D eigenvalue weighted by Crippen LogP contribution is 2.47. The van der Waals surface area contributed by atoms with Crippen molar-refractivity contribution in [3.63, 3.8) is 0 Å². The SMILES string of the molecule is Cc1nc(-c2ccccc2)sc1C(=O)Nc1ccc2c(c1)OC1(CCCC1)O2. The Morgan fingerprint density at radius 1 is 1.07 bits per heavy atom. The monoisotopic (exact) mass is 392 g/mol. The fraction of sp³-hybridized carbons (Fsp3) is 0.273. The lowest BCUT2D eigenvalue weighted by atomic mass is 10.2. The van der Waals surface area contributed by atoms with Gasteiger partial charge >= 0.3 is 0 Å². The van der Waals surface area contributed by atoms with Gasteiger partial charge in [0.1, 0.15) is 9.88 Å². The van der Waals surface area contributed by atoms with Crippen LogP contribution in [0.3, 0.4) is 0 Å². The molecule has 2 aromatic carbocycles. The second-order valence-electron chi connectivity index (χ2n) is 7.24. The molecule has 1 N–H and O–H groups in total. The first kappa shape index (κ1) is 17.3. The number of anilines is 1. The summed E-state index contributed by atoms with van der Waals surface area (Å²) in [4.78, 5) is 18.0. The highest BCUT2D eigenvalue weighted by atomic mass is 32.1. The number of nitrogens with one attached hydrogen (secondary N) is 1. The summed E-state index contributed by atoms with van der Waals surface area (Å²) in [5.41, 5.74) is 2.43. The van der Waals surface area contributed by atoms with E-state index in [0.29, 0.717) is 16.3 Å². The number of benzene rings is 2. The van der Waals surface area contributed by atoms with Crippen LogP contribution in [-0.2, 0) is 0 Å². The number of aromatic nitrogens is 1. The quantitative estimate of drug-likeness (QED) is 0.647. The third-order valence-corrected chi connectivity index (χ3v) is 6.39. The first-order chi connectivity index (χ1) is 13.6. The molecule has 0 unspecified atom stereocenters. The van der Waals surface area contributed by atoms with Crippen molar-refractivity contribution in [2.45, 2.75) is 38.4 Å². The van der Waals surface area contributed by atoms with Crippen molar-refractivity contribution in [2.75, 3.05) is 5.32 Å². The average Bonchev–Trinajstić information content (AvgIpc) is 3.41. The molecule has 1 amide bonds. The normalized spacial score (nSPS) is 16.5. The molecule has 6 heteroatoms. The molecule has 0 bridgehead atoms. The summed E-state index contributed by atoms with van der Waals surface area (Å²) in [5.74, 6) is 0.793. The zero-order chi connectivity index (χ0) is 19.1. The molecule has 5 nitrogen and oxygen atoms in total. The summed E-state index contributed by atoms with van der Waals surface area (Å²) >= 11 is 1.40. The van der Waals surface area contributed by atoms with E-state index in [1.165, 1.54) is 11.3 Å². The second kappa shape index (κ2) is 6.63. The molecule has 5 rings (SSSR count). The van der Waals surface area contributed by atoms with E-state index in [9.17, 15) is 4.79 Å². The molecule has 1 saturated carbocycles. The Kier molecular flexibility index (Phi) is 4.09. The van der Waals surface area contributed by atoms with Crippen LogP contribution in [0.2, 0.25) is 0 Å². The number of thiazole rings is 1. The zero-order valence-corrected chi connectivity index (χ0v) is 16.3. The molecule has 0 atom stereocenters. The maximum atomic E-state index is 12.8. The second-order valence-corrected chi connectivity index (χ2v) is 8.24. The van der Waals surface area contributed by atoms with Crippen LogP contribution in [0.4, 0.5) is 5.69 Å². The average molecular weight is 392 g/mol. The van der Waals surface area contributed by atoms with Crippen LogP contribution in [0.5, 0.6) is 11.5 Å². The van der Waals surface area contributed by atoms with Crippen LogP contribution in [-0.4, -0.2) is 16.7 Å². The van der Waals surface area contributed by atoms with Crippen LogP contribution in [0.15, 0.2) is 48.5 Å². The van der Waals surface area contributed by atoms with Gasteiger partial charge in [0.15, 0.2) is 11.5 Å². The Labute approximate surface area is 167 Å². The lowest BCUT2D eigenvalue weighted by Crippen LogP contribution is -2.34. The van der Waals surface area contributed by atoms with E-state index in [1.54, 1.807) is 0 Å². The lowest BCUT2D eigenvalue weighted by Gasteiger charge is -2.21. The number of hydrogen-bond acceptors (Lipinski definition) is 5.